The number of rotatable bonds is 2. The molecule has 3 nitrogen and oxygen atoms in total. The predicted octanol–water partition coefficient (Wildman–Crippen LogP) is 2.16. The average Bonchev–Trinajstić information content (AvgIpc) is 2.35. The Hall–Kier alpha value is -1.34. The van der Waals surface area contributed by atoms with Crippen LogP contribution in [0.25, 0.3) is 0 Å². The van der Waals surface area contributed by atoms with Gasteiger partial charge in [0, 0.05) is 0 Å². The second kappa shape index (κ2) is 2.95. The first kappa shape index (κ1) is 8.75. The van der Waals surface area contributed by atoms with Crippen LogP contribution in [0.5, 0.6) is 0 Å². The fraction of sp³-hybridized carbons (Fsp3) is 0.444. The van der Waals surface area contributed by atoms with Crippen molar-refractivity contribution in [3.8, 4) is 0 Å². The summed E-state index contributed by atoms with van der Waals surface area (Å²) in [4.78, 5) is 13.8. The lowest BCUT2D eigenvalue weighted by Crippen LogP contribution is -2.13. The maximum atomic E-state index is 10.1. The van der Waals surface area contributed by atoms with Crippen LogP contribution in [-0.2, 0) is 10.3 Å². The van der Waals surface area contributed by atoms with Crippen LogP contribution in [0.15, 0.2) is 21.7 Å². The fourth-order valence-corrected chi connectivity index (χ4v) is 1.16. The standard InChI is InChI=1S/C9H11NO2/c1-7-4-5-12-8(7)9(2,3)10-6-11/h4-5H,1-3H3. The summed E-state index contributed by atoms with van der Waals surface area (Å²) in [5.41, 5.74) is 0.397. The molecular formula is C9H11NO2. The van der Waals surface area contributed by atoms with Crippen molar-refractivity contribution in [3.05, 3.63) is 23.7 Å². The van der Waals surface area contributed by atoms with E-state index < -0.39 is 5.54 Å². The van der Waals surface area contributed by atoms with Gasteiger partial charge >= 0.3 is 0 Å². The summed E-state index contributed by atoms with van der Waals surface area (Å²) in [6.45, 7) is 5.54. The molecule has 1 rings (SSSR count). The molecule has 0 atom stereocenters. The summed E-state index contributed by atoms with van der Waals surface area (Å²) >= 11 is 0. The van der Waals surface area contributed by atoms with E-state index in [-0.39, 0.29) is 0 Å². The highest BCUT2D eigenvalue weighted by atomic mass is 16.3. The molecule has 0 aliphatic heterocycles. The number of hydrogen-bond acceptors (Lipinski definition) is 3. The van der Waals surface area contributed by atoms with E-state index in [1.165, 1.54) is 6.08 Å². The maximum absolute atomic E-state index is 10.1. The third kappa shape index (κ3) is 1.46. The minimum absolute atomic E-state index is 0.602. The first-order valence-electron chi connectivity index (χ1n) is 3.71. The van der Waals surface area contributed by atoms with Gasteiger partial charge in [-0.3, -0.25) is 0 Å². The smallest absolute Gasteiger partial charge is 0.235 e. The van der Waals surface area contributed by atoms with Crippen LogP contribution in [0, 0.1) is 6.92 Å². The van der Waals surface area contributed by atoms with E-state index in [0.29, 0.717) is 5.76 Å². The van der Waals surface area contributed by atoms with Gasteiger partial charge in [-0.2, -0.15) is 4.99 Å². The molecule has 1 heterocycles. The molecule has 12 heavy (non-hydrogen) atoms. The van der Waals surface area contributed by atoms with Crippen LogP contribution in [0.3, 0.4) is 0 Å². The van der Waals surface area contributed by atoms with Crippen molar-refractivity contribution in [2.45, 2.75) is 26.3 Å². The van der Waals surface area contributed by atoms with Gasteiger partial charge in [0.2, 0.25) is 6.08 Å². The highest BCUT2D eigenvalue weighted by Gasteiger charge is 2.24. The topological polar surface area (TPSA) is 42.6 Å². The predicted molar refractivity (Wildman–Crippen MR) is 44.6 cm³/mol. The van der Waals surface area contributed by atoms with Gasteiger partial charge in [0.15, 0.2) is 0 Å². The minimum Gasteiger partial charge on any atom is -0.466 e. The Balaban J connectivity index is 3.12. The van der Waals surface area contributed by atoms with Crippen molar-refractivity contribution in [2.24, 2.45) is 4.99 Å². The SMILES string of the molecule is Cc1ccoc1C(C)(C)N=C=O. The molecule has 0 saturated carbocycles. The largest absolute Gasteiger partial charge is 0.466 e. The van der Waals surface area contributed by atoms with Gasteiger partial charge in [0.05, 0.1) is 6.26 Å². The van der Waals surface area contributed by atoms with Gasteiger partial charge in [-0.05, 0) is 32.4 Å². The zero-order valence-electron chi connectivity index (χ0n) is 7.42. The van der Waals surface area contributed by atoms with Crippen LogP contribution >= 0.6 is 0 Å². The normalized spacial score (nSPS) is 10.9. The van der Waals surface area contributed by atoms with E-state index in [9.17, 15) is 4.79 Å². The van der Waals surface area contributed by atoms with Gasteiger partial charge in [-0.25, -0.2) is 4.79 Å². The lowest BCUT2D eigenvalue weighted by atomic mass is 10.00. The number of nitrogens with zero attached hydrogens (tertiary/aromatic N) is 1. The number of isocyanates is 1. The molecule has 0 fully saturated rings. The van der Waals surface area contributed by atoms with Crippen molar-refractivity contribution in [3.63, 3.8) is 0 Å². The molecule has 0 aromatic carbocycles. The van der Waals surface area contributed by atoms with E-state index in [2.05, 4.69) is 4.99 Å². The van der Waals surface area contributed by atoms with Gasteiger partial charge in [-0.1, -0.05) is 0 Å². The summed E-state index contributed by atoms with van der Waals surface area (Å²) in [5.74, 6) is 0.714. The molecule has 0 N–H and O–H groups in total. The fourth-order valence-electron chi connectivity index (χ4n) is 1.16. The average molecular weight is 165 g/mol. The van der Waals surface area contributed by atoms with E-state index in [4.69, 9.17) is 4.42 Å². The molecule has 64 valence electrons. The summed E-state index contributed by atoms with van der Waals surface area (Å²) in [5, 5.41) is 0. The molecule has 0 amide bonds. The number of aliphatic imine (C=N–C) groups is 1. The Morgan fingerprint density at radius 2 is 2.25 bits per heavy atom. The Morgan fingerprint density at radius 1 is 1.58 bits per heavy atom. The molecule has 1 aromatic heterocycles. The zero-order chi connectivity index (χ0) is 9.19. The third-order valence-corrected chi connectivity index (χ3v) is 1.74. The zero-order valence-corrected chi connectivity index (χ0v) is 7.42. The molecular weight excluding hydrogens is 154 g/mol. The Kier molecular flexibility index (Phi) is 2.15. The summed E-state index contributed by atoms with van der Waals surface area (Å²) in [6, 6.07) is 1.84. The summed E-state index contributed by atoms with van der Waals surface area (Å²) < 4.78 is 5.21. The van der Waals surface area contributed by atoms with Crippen molar-refractivity contribution in [2.75, 3.05) is 0 Å². The lowest BCUT2D eigenvalue weighted by Gasteiger charge is -2.14. The van der Waals surface area contributed by atoms with Crippen LogP contribution < -0.4 is 0 Å². The Labute approximate surface area is 71.1 Å². The van der Waals surface area contributed by atoms with Crippen molar-refractivity contribution in [1.29, 1.82) is 0 Å². The van der Waals surface area contributed by atoms with Gasteiger partial charge in [0.25, 0.3) is 0 Å². The van der Waals surface area contributed by atoms with Crippen LogP contribution in [0.4, 0.5) is 0 Å². The number of aryl methyl sites for hydroxylation is 1. The molecule has 1 aromatic rings. The van der Waals surface area contributed by atoms with Gasteiger partial charge in [-0.15, -0.1) is 0 Å². The molecule has 3 heteroatoms. The molecule has 0 bridgehead atoms. The third-order valence-electron chi connectivity index (χ3n) is 1.74. The van der Waals surface area contributed by atoms with E-state index in [1.54, 1.807) is 6.26 Å². The Bertz CT molecular complexity index is 319. The highest BCUT2D eigenvalue weighted by molar-refractivity contribution is 5.36. The second-order valence-corrected chi connectivity index (χ2v) is 3.19. The number of carbonyl (C=O) groups excluding carboxylic acids is 1. The molecule has 0 radical (unpaired) electrons. The maximum Gasteiger partial charge on any atom is 0.235 e. The highest BCUT2D eigenvalue weighted by Crippen LogP contribution is 2.27. The van der Waals surface area contributed by atoms with Gasteiger partial charge < -0.3 is 4.42 Å². The van der Waals surface area contributed by atoms with E-state index in [0.717, 1.165) is 5.56 Å². The Morgan fingerprint density at radius 3 is 2.67 bits per heavy atom. The van der Waals surface area contributed by atoms with Crippen LogP contribution in [0.1, 0.15) is 25.2 Å². The molecule has 0 spiro atoms. The number of furan rings is 1. The van der Waals surface area contributed by atoms with Crippen LogP contribution in [-0.4, -0.2) is 6.08 Å². The quantitative estimate of drug-likeness (QED) is 0.497. The van der Waals surface area contributed by atoms with E-state index in [1.807, 2.05) is 26.8 Å². The summed E-state index contributed by atoms with van der Waals surface area (Å²) in [6.07, 6.45) is 3.13. The first-order chi connectivity index (χ1) is 5.58. The van der Waals surface area contributed by atoms with Gasteiger partial charge in [0.1, 0.15) is 11.3 Å². The molecule has 0 aliphatic carbocycles. The number of hydrogen-bond donors (Lipinski definition) is 0. The molecule has 0 saturated heterocycles. The van der Waals surface area contributed by atoms with E-state index >= 15 is 0 Å². The monoisotopic (exact) mass is 165 g/mol. The van der Waals surface area contributed by atoms with Crippen molar-refractivity contribution in [1.82, 2.24) is 0 Å². The van der Waals surface area contributed by atoms with Crippen molar-refractivity contribution >= 4 is 6.08 Å². The molecule has 0 unspecified atom stereocenters. The van der Waals surface area contributed by atoms with Crippen LogP contribution in [0.2, 0.25) is 0 Å². The minimum atomic E-state index is -0.602. The summed E-state index contributed by atoms with van der Waals surface area (Å²) in [7, 11) is 0. The van der Waals surface area contributed by atoms with Crippen molar-refractivity contribution < 1.29 is 9.21 Å². The first-order valence-corrected chi connectivity index (χ1v) is 3.71. The lowest BCUT2D eigenvalue weighted by molar-refractivity contribution is 0.391. The second-order valence-electron chi connectivity index (χ2n) is 3.19. The molecule has 0 aliphatic rings.